The number of fused-ring (bicyclic) bond motifs is 1. The third-order valence-corrected chi connectivity index (χ3v) is 4.92. The monoisotopic (exact) mass is 383 g/mol. The smallest absolute Gasteiger partial charge is 0.289 e. The van der Waals surface area contributed by atoms with E-state index >= 15 is 0 Å². The largest absolute Gasteiger partial charge is 0.459 e. The molecule has 2 amide bonds. The molecule has 0 unspecified atom stereocenters. The maximum Gasteiger partial charge on any atom is 0.289 e. The van der Waals surface area contributed by atoms with Crippen molar-refractivity contribution in [2.75, 3.05) is 26.2 Å². The van der Waals surface area contributed by atoms with Crippen LogP contribution >= 0.6 is 0 Å². The predicted octanol–water partition coefficient (Wildman–Crippen LogP) is 2.63. The van der Waals surface area contributed by atoms with Crippen LogP contribution in [-0.4, -0.2) is 58.3 Å². The molecule has 3 aromatic rings. The van der Waals surface area contributed by atoms with Crippen LogP contribution in [0.3, 0.4) is 0 Å². The van der Waals surface area contributed by atoms with E-state index in [-0.39, 0.29) is 23.5 Å². The van der Waals surface area contributed by atoms with Crippen molar-refractivity contribution >= 4 is 28.6 Å². The highest BCUT2D eigenvalue weighted by Gasteiger charge is 2.28. The number of aromatic nitrogens is 1. The van der Waals surface area contributed by atoms with Gasteiger partial charge in [0, 0.05) is 44.7 Å². The van der Waals surface area contributed by atoms with Gasteiger partial charge in [0.25, 0.3) is 11.8 Å². The second kappa shape index (κ2) is 6.95. The molecule has 0 saturated carbocycles. The summed E-state index contributed by atoms with van der Waals surface area (Å²) in [5, 5.41) is 0.524. The maximum atomic E-state index is 13.6. The van der Waals surface area contributed by atoms with Crippen molar-refractivity contribution in [3.05, 3.63) is 59.9 Å². The van der Waals surface area contributed by atoms with Crippen LogP contribution in [0.15, 0.2) is 47.2 Å². The van der Waals surface area contributed by atoms with E-state index in [0.29, 0.717) is 42.6 Å². The lowest BCUT2D eigenvalue weighted by Gasteiger charge is -2.34. The van der Waals surface area contributed by atoms with Crippen LogP contribution in [0.25, 0.3) is 10.9 Å². The highest BCUT2D eigenvalue weighted by Crippen LogP contribution is 2.24. The Labute approximate surface area is 159 Å². The maximum absolute atomic E-state index is 13.6. The lowest BCUT2D eigenvalue weighted by atomic mass is 10.1. The third-order valence-electron chi connectivity index (χ3n) is 4.92. The standard InChI is InChI=1S/C20H18FN3O4/c1-13(25)24-12-16(15-5-4-14(21)11-17(15)24)19(26)22-6-8-23(9-7-22)20(27)18-3-2-10-28-18/h2-5,10-12H,6-9H2,1H3. The summed E-state index contributed by atoms with van der Waals surface area (Å²) >= 11 is 0. The molecule has 2 aromatic heterocycles. The normalized spacial score (nSPS) is 14.5. The molecular formula is C20H18FN3O4. The zero-order valence-electron chi connectivity index (χ0n) is 15.2. The minimum absolute atomic E-state index is 0.208. The van der Waals surface area contributed by atoms with E-state index in [1.54, 1.807) is 21.9 Å². The van der Waals surface area contributed by atoms with Crippen molar-refractivity contribution in [2.45, 2.75) is 6.92 Å². The minimum Gasteiger partial charge on any atom is -0.459 e. The van der Waals surface area contributed by atoms with Gasteiger partial charge in [0.1, 0.15) is 5.82 Å². The third kappa shape index (κ3) is 3.06. The molecule has 1 aromatic carbocycles. The van der Waals surface area contributed by atoms with Crippen LogP contribution in [0.2, 0.25) is 0 Å². The Morgan fingerprint density at radius 3 is 2.29 bits per heavy atom. The van der Waals surface area contributed by atoms with Gasteiger partial charge in [-0.25, -0.2) is 4.39 Å². The molecule has 3 heterocycles. The van der Waals surface area contributed by atoms with Gasteiger partial charge in [-0.2, -0.15) is 0 Å². The van der Waals surface area contributed by atoms with Crippen LogP contribution in [0, 0.1) is 5.82 Å². The van der Waals surface area contributed by atoms with E-state index in [2.05, 4.69) is 0 Å². The van der Waals surface area contributed by atoms with Crippen LogP contribution in [0.1, 0.15) is 32.6 Å². The predicted molar refractivity (Wildman–Crippen MR) is 98.7 cm³/mol. The Morgan fingerprint density at radius 1 is 1.00 bits per heavy atom. The number of carbonyl (C=O) groups is 3. The number of furan rings is 1. The topological polar surface area (TPSA) is 75.8 Å². The number of hydrogen-bond acceptors (Lipinski definition) is 4. The van der Waals surface area contributed by atoms with Gasteiger partial charge in [0.15, 0.2) is 5.76 Å². The highest BCUT2D eigenvalue weighted by molar-refractivity contribution is 6.09. The molecule has 144 valence electrons. The van der Waals surface area contributed by atoms with Crippen molar-refractivity contribution in [3.8, 4) is 0 Å². The summed E-state index contributed by atoms with van der Waals surface area (Å²) in [7, 11) is 0. The fraction of sp³-hybridized carbons (Fsp3) is 0.250. The number of nitrogens with zero attached hydrogens (tertiary/aromatic N) is 3. The molecule has 0 aliphatic carbocycles. The molecular weight excluding hydrogens is 365 g/mol. The van der Waals surface area contributed by atoms with E-state index in [1.165, 1.54) is 42.1 Å². The van der Waals surface area contributed by atoms with E-state index in [1.807, 2.05) is 0 Å². The molecule has 8 heteroatoms. The first-order valence-electron chi connectivity index (χ1n) is 8.89. The first-order valence-corrected chi connectivity index (χ1v) is 8.89. The molecule has 0 bridgehead atoms. The molecule has 4 rings (SSSR count). The summed E-state index contributed by atoms with van der Waals surface area (Å²) in [4.78, 5) is 40.5. The van der Waals surface area contributed by atoms with Crippen molar-refractivity contribution in [1.82, 2.24) is 14.4 Å². The minimum atomic E-state index is -0.475. The summed E-state index contributed by atoms with van der Waals surface area (Å²) in [6.45, 7) is 2.84. The fourth-order valence-electron chi connectivity index (χ4n) is 3.47. The van der Waals surface area contributed by atoms with Gasteiger partial charge in [-0.15, -0.1) is 0 Å². The Hall–Kier alpha value is -3.42. The number of piperazine rings is 1. The van der Waals surface area contributed by atoms with Gasteiger partial charge in [0.2, 0.25) is 5.91 Å². The Kier molecular flexibility index (Phi) is 4.46. The molecule has 1 aliphatic heterocycles. The van der Waals surface area contributed by atoms with Crippen molar-refractivity contribution in [2.24, 2.45) is 0 Å². The molecule has 7 nitrogen and oxygen atoms in total. The van der Waals surface area contributed by atoms with E-state index in [9.17, 15) is 18.8 Å². The summed E-state index contributed by atoms with van der Waals surface area (Å²) in [6, 6.07) is 7.28. The molecule has 0 spiro atoms. The average Bonchev–Trinajstić information content (AvgIpc) is 3.35. The van der Waals surface area contributed by atoms with Gasteiger partial charge in [-0.1, -0.05) is 0 Å². The zero-order chi connectivity index (χ0) is 19.8. The molecule has 0 N–H and O–H groups in total. The number of hydrogen-bond donors (Lipinski definition) is 0. The first kappa shape index (κ1) is 18.0. The molecule has 1 fully saturated rings. The number of amides is 2. The fourth-order valence-corrected chi connectivity index (χ4v) is 3.47. The summed E-state index contributed by atoms with van der Waals surface area (Å²) in [5.41, 5.74) is 0.707. The van der Waals surface area contributed by atoms with Gasteiger partial charge >= 0.3 is 0 Å². The van der Waals surface area contributed by atoms with Crippen LogP contribution in [0.5, 0.6) is 0 Å². The van der Waals surface area contributed by atoms with Crippen molar-refractivity contribution < 1.29 is 23.2 Å². The molecule has 1 aliphatic rings. The van der Waals surface area contributed by atoms with E-state index in [0.717, 1.165) is 0 Å². The zero-order valence-corrected chi connectivity index (χ0v) is 15.2. The SMILES string of the molecule is CC(=O)n1cc(C(=O)N2CCN(C(=O)c3ccco3)CC2)c2ccc(F)cc21. The van der Waals surface area contributed by atoms with Gasteiger partial charge in [-0.3, -0.25) is 19.0 Å². The summed E-state index contributed by atoms with van der Waals surface area (Å²) in [5.74, 6) is -0.963. The molecule has 28 heavy (non-hydrogen) atoms. The second-order valence-electron chi connectivity index (χ2n) is 6.65. The second-order valence-corrected chi connectivity index (χ2v) is 6.65. The Balaban J connectivity index is 1.55. The van der Waals surface area contributed by atoms with Crippen molar-refractivity contribution in [3.63, 3.8) is 0 Å². The molecule has 0 atom stereocenters. The summed E-state index contributed by atoms with van der Waals surface area (Å²) in [6.07, 6.45) is 2.90. The average molecular weight is 383 g/mol. The number of carbonyl (C=O) groups excluding carboxylic acids is 3. The Bertz CT molecular complexity index is 1060. The van der Waals surface area contributed by atoms with Gasteiger partial charge < -0.3 is 14.2 Å². The first-order chi connectivity index (χ1) is 13.5. The lowest BCUT2D eigenvalue weighted by Crippen LogP contribution is -2.50. The highest BCUT2D eigenvalue weighted by atomic mass is 19.1. The van der Waals surface area contributed by atoms with Gasteiger partial charge in [-0.05, 0) is 30.3 Å². The van der Waals surface area contributed by atoms with E-state index < -0.39 is 5.82 Å². The molecule has 0 radical (unpaired) electrons. The molecule has 1 saturated heterocycles. The quantitative estimate of drug-likeness (QED) is 0.682. The van der Waals surface area contributed by atoms with Crippen LogP contribution < -0.4 is 0 Å². The van der Waals surface area contributed by atoms with Crippen LogP contribution in [-0.2, 0) is 0 Å². The summed E-state index contributed by atoms with van der Waals surface area (Å²) < 4.78 is 20.0. The van der Waals surface area contributed by atoms with Crippen molar-refractivity contribution in [1.29, 1.82) is 0 Å². The van der Waals surface area contributed by atoms with Crippen LogP contribution in [0.4, 0.5) is 4.39 Å². The van der Waals surface area contributed by atoms with E-state index in [4.69, 9.17) is 4.42 Å². The van der Waals surface area contributed by atoms with Gasteiger partial charge in [0.05, 0.1) is 17.3 Å². The number of rotatable bonds is 2. The number of halogens is 1. The lowest BCUT2D eigenvalue weighted by molar-refractivity contribution is 0.0519. The number of benzene rings is 1. The Morgan fingerprint density at radius 2 is 1.68 bits per heavy atom.